The zero-order chi connectivity index (χ0) is 30.9. The quantitative estimate of drug-likeness (QED) is 0.302. The highest BCUT2D eigenvalue weighted by Gasteiger charge is 2.31. The summed E-state index contributed by atoms with van der Waals surface area (Å²) in [7, 11) is 0. The van der Waals surface area contributed by atoms with Crippen molar-refractivity contribution in [2.24, 2.45) is 0 Å². The van der Waals surface area contributed by atoms with E-state index in [1.165, 1.54) is 18.6 Å². The molecule has 0 radical (unpaired) electrons. The molecule has 2 N–H and O–H groups in total. The van der Waals surface area contributed by atoms with E-state index in [1.54, 1.807) is 0 Å². The van der Waals surface area contributed by atoms with E-state index in [1.807, 2.05) is 47.4 Å². The molecule has 2 aliphatic rings. The predicted octanol–water partition coefficient (Wildman–Crippen LogP) is 5.83. The molecule has 2 fully saturated rings. The van der Waals surface area contributed by atoms with E-state index in [2.05, 4.69) is 39.8 Å². The highest BCUT2D eigenvalue weighted by atomic mass is 19.4. The summed E-state index contributed by atoms with van der Waals surface area (Å²) in [6.45, 7) is 3.87. The van der Waals surface area contributed by atoms with Crippen molar-refractivity contribution in [3.05, 3.63) is 119 Å². The molecule has 0 unspecified atom stereocenters. The van der Waals surface area contributed by atoms with Crippen molar-refractivity contribution in [2.75, 3.05) is 39.3 Å². The molecule has 2 amide bonds. The molecule has 2 aliphatic heterocycles. The number of piperidine rings is 1. The Morgan fingerprint density at radius 2 is 1.50 bits per heavy atom. The van der Waals surface area contributed by atoms with Gasteiger partial charge in [0.2, 0.25) is 0 Å². The fourth-order valence-corrected chi connectivity index (χ4v) is 5.90. The zero-order valence-electron chi connectivity index (χ0n) is 24.7. The van der Waals surface area contributed by atoms with Crippen molar-refractivity contribution in [3.8, 4) is 0 Å². The molecule has 3 aromatic carbocycles. The molecule has 2 saturated heterocycles. The van der Waals surface area contributed by atoms with Crippen molar-refractivity contribution in [3.63, 3.8) is 0 Å². The lowest BCUT2D eigenvalue weighted by molar-refractivity contribution is -0.137. The van der Waals surface area contributed by atoms with Crippen LogP contribution in [0, 0.1) is 0 Å². The number of alkyl halides is 3. The van der Waals surface area contributed by atoms with Gasteiger partial charge in [0.05, 0.1) is 11.3 Å². The minimum absolute atomic E-state index is 0.0133. The highest BCUT2D eigenvalue weighted by Crippen LogP contribution is 2.29. The van der Waals surface area contributed by atoms with Gasteiger partial charge in [-0.25, -0.2) is 0 Å². The van der Waals surface area contributed by atoms with E-state index >= 15 is 0 Å². The van der Waals surface area contributed by atoms with Crippen molar-refractivity contribution in [1.29, 1.82) is 0 Å². The first-order chi connectivity index (χ1) is 21.3. The van der Waals surface area contributed by atoms with Gasteiger partial charge in [0.15, 0.2) is 0 Å². The van der Waals surface area contributed by atoms with Crippen LogP contribution in [0.5, 0.6) is 0 Å². The van der Waals surface area contributed by atoms with Crippen molar-refractivity contribution in [2.45, 2.75) is 43.8 Å². The first-order valence-electron chi connectivity index (χ1n) is 15.3. The molecule has 3 aromatic rings. The molecule has 0 aliphatic carbocycles. The van der Waals surface area contributed by atoms with Crippen LogP contribution in [-0.4, -0.2) is 66.9 Å². The number of hydrogen-bond donors (Lipinski definition) is 2. The lowest BCUT2D eigenvalue weighted by atomic mass is 9.90. The molecule has 0 spiro atoms. The van der Waals surface area contributed by atoms with Gasteiger partial charge in [-0.15, -0.1) is 0 Å². The van der Waals surface area contributed by atoms with Crippen LogP contribution in [0.1, 0.15) is 58.6 Å². The molecular weight excluding hydrogens is 565 g/mol. The molecule has 1 atom stereocenters. The van der Waals surface area contributed by atoms with E-state index in [-0.39, 0.29) is 30.0 Å². The largest absolute Gasteiger partial charge is 0.416 e. The standard InChI is InChI=1S/C35H39F3N4O2/c36-35(37,38)29-16-14-28(15-17-29)33(43)39-24-30-18-23-42(34(44)32(40-30)19-22-41-20-8-3-9-21-41)25-31(26-10-4-1-5-11-26)27-12-6-2-7-13-27/h1-2,4-7,10-17,19,30-31,40H,3,8-9,18,20-25H2,(H,39,43)/b32-19+/t30-/m0/s1. The van der Waals surface area contributed by atoms with Crippen LogP contribution in [-0.2, 0) is 11.0 Å². The molecule has 6 nitrogen and oxygen atoms in total. The number of carbonyl (C=O) groups is 2. The molecule has 5 rings (SSSR count). The Kier molecular flexibility index (Phi) is 10.4. The summed E-state index contributed by atoms with van der Waals surface area (Å²) in [5.74, 6) is -0.545. The van der Waals surface area contributed by atoms with Crippen LogP contribution in [0.25, 0.3) is 0 Å². The third-order valence-corrected chi connectivity index (χ3v) is 8.42. The van der Waals surface area contributed by atoms with Gasteiger partial charge in [-0.05, 0) is 73.8 Å². The Bertz CT molecular complexity index is 1370. The number of nitrogens with zero attached hydrogens (tertiary/aromatic N) is 2. The number of nitrogens with one attached hydrogen (secondary N) is 2. The topological polar surface area (TPSA) is 64.7 Å². The minimum Gasteiger partial charge on any atom is -0.376 e. The summed E-state index contributed by atoms with van der Waals surface area (Å²) in [6, 6.07) is 24.3. The summed E-state index contributed by atoms with van der Waals surface area (Å²) in [5, 5.41) is 6.26. The lowest BCUT2D eigenvalue weighted by Gasteiger charge is -2.28. The average molecular weight is 605 g/mol. The number of carbonyl (C=O) groups excluding carboxylic acids is 2. The third kappa shape index (κ3) is 8.29. The minimum atomic E-state index is -4.46. The molecule has 0 bridgehead atoms. The fraction of sp³-hybridized carbons (Fsp3) is 0.371. The maximum atomic E-state index is 14.0. The Morgan fingerprint density at radius 1 is 0.886 bits per heavy atom. The number of likely N-dealkylation sites (tertiary alicyclic amines) is 1. The molecule has 2 heterocycles. The van der Waals surface area contributed by atoms with Crippen LogP contribution in [0.4, 0.5) is 13.2 Å². The van der Waals surface area contributed by atoms with Crippen LogP contribution in [0.2, 0.25) is 0 Å². The predicted molar refractivity (Wildman–Crippen MR) is 165 cm³/mol. The van der Waals surface area contributed by atoms with Gasteiger partial charge in [0.1, 0.15) is 0 Å². The fourth-order valence-electron chi connectivity index (χ4n) is 5.90. The molecule has 232 valence electrons. The van der Waals surface area contributed by atoms with Crippen molar-refractivity contribution >= 4 is 11.8 Å². The summed E-state index contributed by atoms with van der Waals surface area (Å²) in [6.07, 6.45) is 1.61. The van der Waals surface area contributed by atoms with Gasteiger partial charge in [0.25, 0.3) is 11.8 Å². The number of hydrogen-bond acceptors (Lipinski definition) is 4. The van der Waals surface area contributed by atoms with Gasteiger partial charge in [-0.1, -0.05) is 67.1 Å². The molecule has 0 aromatic heterocycles. The molecular formula is C35H39F3N4O2. The third-order valence-electron chi connectivity index (χ3n) is 8.42. The van der Waals surface area contributed by atoms with E-state index < -0.39 is 17.6 Å². The second kappa shape index (κ2) is 14.6. The SMILES string of the molecule is O=C(NC[C@@H]1CCN(CC(c2ccccc2)c2ccccc2)C(=O)/C(=C\CN2CCCCC2)N1)c1ccc(C(F)(F)F)cc1. The first-order valence-corrected chi connectivity index (χ1v) is 15.3. The Balaban J connectivity index is 1.33. The van der Waals surface area contributed by atoms with Crippen LogP contribution in [0.3, 0.4) is 0 Å². The second-order valence-corrected chi connectivity index (χ2v) is 11.5. The summed E-state index contributed by atoms with van der Waals surface area (Å²) in [5.41, 5.74) is 2.12. The van der Waals surface area contributed by atoms with E-state index in [0.717, 1.165) is 49.2 Å². The van der Waals surface area contributed by atoms with Crippen molar-refractivity contribution < 1.29 is 22.8 Å². The monoisotopic (exact) mass is 604 g/mol. The summed E-state index contributed by atoms with van der Waals surface area (Å²) >= 11 is 0. The molecule has 0 saturated carbocycles. The maximum Gasteiger partial charge on any atom is 0.416 e. The molecule has 9 heteroatoms. The lowest BCUT2D eigenvalue weighted by Crippen LogP contribution is -2.41. The highest BCUT2D eigenvalue weighted by molar-refractivity contribution is 5.94. The van der Waals surface area contributed by atoms with E-state index in [0.29, 0.717) is 31.8 Å². The van der Waals surface area contributed by atoms with Crippen LogP contribution in [0.15, 0.2) is 96.7 Å². The first kappa shape index (κ1) is 31.3. The van der Waals surface area contributed by atoms with Gasteiger partial charge in [0, 0.05) is 43.7 Å². The molecule has 44 heavy (non-hydrogen) atoms. The Morgan fingerprint density at radius 3 is 2.09 bits per heavy atom. The number of benzene rings is 3. The van der Waals surface area contributed by atoms with Gasteiger partial charge in [-0.3, -0.25) is 14.5 Å². The normalized spacial score (nSPS) is 19.1. The number of rotatable bonds is 9. The average Bonchev–Trinajstić information content (AvgIpc) is 3.20. The zero-order valence-corrected chi connectivity index (χ0v) is 24.7. The van der Waals surface area contributed by atoms with Crippen molar-refractivity contribution in [1.82, 2.24) is 20.4 Å². The summed E-state index contributed by atoms with van der Waals surface area (Å²) in [4.78, 5) is 31.1. The van der Waals surface area contributed by atoms with Crippen LogP contribution < -0.4 is 10.6 Å². The van der Waals surface area contributed by atoms with E-state index in [9.17, 15) is 22.8 Å². The summed E-state index contributed by atoms with van der Waals surface area (Å²) < 4.78 is 38.9. The van der Waals surface area contributed by atoms with Gasteiger partial charge >= 0.3 is 6.18 Å². The number of amides is 2. The maximum absolute atomic E-state index is 14.0. The Hall–Kier alpha value is -4.11. The van der Waals surface area contributed by atoms with Gasteiger partial charge in [-0.2, -0.15) is 13.2 Å². The number of halogens is 3. The van der Waals surface area contributed by atoms with Crippen LogP contribution >= 0.6 is 0 Å². The van der Waals surface area contributed by atoms with E-state index in [4.69, 9.17) is 0 Å². The second-order valence-electron chi connectivity index (χ2n) is 11.5. The van der Waals surface area contributed by atoms with Gasteiger partial charge < -0.3 is 15.5 Å². The smallest absolute Gasteiger partial charge is 0.376 e. The Labute approximate surface area is 256 Å².